The molecule has 16 heteroatoms. The van der Waals surface area contributed by atoms with Gasteiger partial charge in [0.25, 0.3) is 11.8 Å². The first kappa shape index (κ1) is 37.0. The average Bonchev–Trinajstić information content (AvgIpc) is 3.94. The standard InChI is InChI=1S/C39H42N6O8S2/c1-22-28(21-52-44-22)35(47)41-31-13-6-4-2-3-5-10-23-20-39(23,38(49)45-55(50,51)25-15-16-25)43-36(48)27-19-24(18-26(27)34(31)46)53-37-33(32-14-9-17-54-32)40-29-11-7-8-12-30(29)42-37/h5,7-12,14,17,21,23-27,31H,2-4,6,13,15-16,18-20H2,1H3,(H,41,47)(H,43,48)(H,45,49)/b10-5-/t23?,24-,26?,27+,31+,39+/m0/s1. The Bertz CT molecular complexity index is 2270. The smallest absolute Gasteiger partial charge is 0.259 e. The van der Waals surface area contributed by atoms with E-state index in [9.17, 15) is 27.6 Å². The third-order valence-corrected chi connectivity index (χ3v) is 13.8. The summed E-state index contributed by atoms with van der Waals surface area (Å²) in [5.41, 5.74) is 0.939. The van der Waals surface area contributed by atoms with Gasteiger partial charge in [0.05, 0.1) is 38.8 Å². The molecule has 3 N–H and O–H groups in total. The molecule has 4 aromatic rings. The van der Waals surface area contributed by atoms with Gasteiger partial charge in [-0.15, -0.1) is 11.3 Å². The average molecular weight is 787 g/mol. The Labute approximate surface area is 321 Å². The molecule has 3 fully saturated rings. The van der Waals surface area contributed by atoms with Gasteiger partial charge in [-0.25, -0.2) is 18.4 Å². The molecule has 14 nitrogen and oxygen atoms in total. The predicted octanol–water partition coefficient (Wildman–Crippen LogP) is 4.80. The number of carbonyl (C=O) groups excluding carboxylic acids is 4. The monoisotopic (exact) mass is 786 g/mol. The fourth-order valence-corrected chi connectivity index (χ4v) is 9.87. The fourth-order valence-electron chi connectivity index (χ4n) is 7.80. The number of rotatable bonds is 8. The maximum absolute atomic E-state index is 14.7. The van der Waals surface area contributed by atoms with Crippen molar-refractivity contribution in [2.75, 3.05) is 0 Å². The summed E-state index contributed by atoms with van der Waals surface area (Å²) in [5.74, 6) is -4.20. The first-order chi connectivity index (χ1) is 26.5. The summed E-state index contributed by atoms with van der Waals surface area (Å²) in [5, 5.41) is 10.9. The van der Waals surface area contributed by atoms with Gasteiger partial charge in [0, 0.05) is 11.8 Å². The summed E-state index contributed by atoms with van der Waals surface area (Å²) in [4.78, 5) is 67.0. The molecule has 288 valence electrons. The molecule has 3 aliphatic carbocycles. The molecule has 0 spiro atoms. The zero-order valence-electron chi connectivity index (χ0n) is 30.2. The first-order valence-electron chi connectivity index (χ1n) is 18.8. The maximum atomic E-state index is 14.7. The SMILES string of the molecule is Cc1nocc1C(=O)N[C@@H]1CCCCC/C=C\C2C[C@@]2(C(=O)NS(=O)(=O)C2CC2)NC(=O)[C@@H]2C[C@@H](Oc3nc4ccccc4nc3-c3cccs3)CC2C1=O. The van der Waals surface area contributed by atoms with Crippen molar-refractivity contribution >= 4 is 55.9 Å². The number of amides is 3. The van der Waals surface area contributed by atoms with Gasteiger partial charge < -0.3 is 19.9 Å². The van der Waals surface area contributed by atoms with Crippen LogP contribution >= 0.6 is 11.3 Å². The number of allylic oxidation sites excluding steroid dienone is 1. The number of sulfonamides is 1. The number of nitrogens with zero attached hydrogens (tertiary/aromatic N) is 3. The minimum absolute atomic E-state index is 0.102. The largest absolute Gasteiger partial charge is 0.473 e. The Balaban J connectivity index is 1.13. The molecule has 3 aromatic heterocycles. The number of ether oxygens (including phenoxy) is 1. The number of carbonyl (C=O) groups is 4. The molecule has 55 heavy (non-hydrogen) atoms. The normalized spacial score (nSPS) is 27.8. The second kappa shape index (κ2) is 14.9. The highest BCUT2D eigenvalue weighted by Crippen LogP contribution is 2.47. The number of fused-ring (bicyclic) bond motifs is 3. The third kappa shape index (κ3) is 7.66. The summed E-state index contributed by atoms with van der Waals surface area (Å²) < 4.78 is 39.6. The van der Waals surface area contributed by atoms with Crippen LogP contribution in [0.5, 0.6) is 5.88 Å². The van der Waals surface area contributed by atoms with Crippen molar-refractivity contribution in [1.82, 2.24) is 30.5 Å². The molecular formula is C39H42N6O8S2. The number of aryl methyl sites for hydroxylation is 1. The van der Waals surface area contributed by atoms with Crippen LogP contribution in [-0.2, 0) is 24.4 Å². The second-order valence-corrected chi connectivity index (χ2v) is 17.9. The molecule has 8 rings (SSSR count). The van der Waals surface area contributed by atoms with E-state index in [1.165, 1.54) is 17.6 Å². The van der Waals surface area contributed by atoms with Gasteiger partial charge in [0.15, 0.2) is 5.78 Å². The lowest BCUT2D eigenvalue weighted by atomic mass is 9.85. The Morgan fingerprint density at radius 3 is 2.51 bits per heavy atom. The highest BCUT2D eigenvalue weighted by Gasteiger charge is 2.62. The number of thiophene rings is 1. The molecule has 2 unspecified atom stereocenters. The van der Waals surface area contributed by atoms with E-state index in [4.69, 9.17) is 19.2 Å². The molecule has 3 saturated carbocycles. The van der Waals surface area contributed by atoms with E-state index in [0.29, 0.717) is 54.5 Å². The molecule has 0 radical (unpaired) electrons. The third-order valence-electron chi connectivity index (χ3n) is 11.1. The van der Waals surface area contributed by atoms with Crippen molar-refractivity contribution in [2.24, 2.45) is 17.8 Å². The molecule has 4 aliphatic rings. The number of Topliss-reactive ketones (excluding diaryl/α,β-unsaturated/α-hetero) is 1. The van der Waals surface area contributed by atoms with Crippen molar-refractivity contribution in [1.29, 1.82) is 0 Å². The highest BCUT2D eigenvalue weighted by molar-refractivity contribution is 7.91. The van der Waals surface area contributed by atoms with Gasteiger partial charge in [-0.3, -0.25) is 23.9 Å². The van der Waals surface area contributed by atoms with Crippen LogP contribution in [-0.4, -0.2) is 70.0 Å². The topological polar surface area (TPSA) is 200 Å². The predicted molar refractivity (Wildman–Crippen MR) is 202 cm³/mol. The summed E-state index contributed by atoms with van der Waals surface area (Å²) in [6.45, 7) is 1.64. The quantitative estimate of drug-likeness (QED) is 0.207. The summed E-state index contributed by atoms with van der Waals surface area (Å²) in [6, 6.07) is 10.3. The molecule has 6 atom stereocenters. The Morgan fingerprint density at radius 2 is 1.78 bits per heavy atom. The van der Waals surface area contributed by atoms with E-state index >= 15 is 0 Å². The van der Waals surface area contributed by atoms with Gasteiger partial charge in [-0.05, 0) is 81.9 Å². The van der Waals surface area contributed by atoms with E-state index in [2.05, 4.69) is 20.5 Å². The van der Waals surface area contributed by atoms with Gasteiger partial charge in [0.2, 0.25) is 21.8 Å². The zero-order chi connectivity index (χ0) is 38.3. The highest BCUT2D eigenvalue weighted by atomic mass is 32.2. The van der Waals surface area contributed by atoms with Gasteiger partial charge in [0.1, 0.15) is 29.2 Å². The lowest BCUT2D eigenvalue weighted by molar-refractivity contribution is -0.136. The molecule has 1 aliphatic heterocycles. The molecule has 0 saturated heterocycles. The van der Waals surface area contributed by atoms with Crippen molar-refractivity contribution in [3.05, 3.63) is 71.5 Å². The Morgan fingerprint density at radius 1 is 1.00 bits per heavy atom. The van der Waals surface area contributed by atoms with Crippen LogP contribution < -0.4 is 20.1 Å². The lowest BCUT2D eigenvalue weighted by Gasteiger charge is -2.26. The van der Waals surface area contributed by atoms with Crippen molar-refractivity contribution in [3.63, 3.8) is 0 Å². The van der Waals surface area contributed by atoms with Crippen LogP contribution in [0.25, 0.3) is 21.6 Å². The molecular weight excluding hydrogens is 745 g/mol. The Kier molecular flexibility index (Phi) is 10.0. The van der Waals surface area contributed by atoms with E-state index in [1.807, 2.05) is 53.9 Å². The lowest BCUT2D eigenvalue weighted by Crippen LogP contribution is -2.54. The van der Waals surface area contributed by atoms with E-state index < -0.39 is 68.4 Å². The molecule has 0 bridgehead atoms. The zero-order valence-corrected chi connectivity index (χ0v) is 31.9. The minimum atomic E-state index is -3.89. The Hall–Kier alpha value is -4.96. The van der Waals surface area contributed by atoms with Crippen LogP contribution in [0.1, 0.15) is 80.3 Å². The summed E-state index contributed by atoms with van der Waals surface area (Å²) in [7, 11) is -3.89. The van der Waals surface area contributed by atoms with Gasteiger partial charge in [-0.1, -0.05) is 48.3 Å². The van der Waals surface area contributed by atoms with Gasteiger partial charge >= 0.3 is 0 Å². The van der Waals surface area contributed by atoms with E-state index in [0.717, 1.165) is 17.7 Å². The first-order valence-corrected chi connectivity index (χ1v) is 21.2. The van der Waals surface area contributed by atoms with Crippen LogP contribution in [0.2, 0.25) is 0 Å². The van der Waals surface area contributed by atoms with E-state index in [1.54, 1.807) is 6.92 Å². The number of ketones is 1. The van der Waals surface area contributed by atoms with Gasteiger partial charge in [-0.2, -0.15) is 0 Å². The van der Waals surface area contributed by atoms with Crippen molar-refractivity contribution in [3.8, 4) is 16.5 Å². The summed E-state index contributed by atoms with van der Waals surface area (Å²) in [6.07, 6.45) is 9.07. The van der Waals surface area contributed by atoms with Crippen LogP contribution in [0.4, 0.5) is 0 Å². The fraction of sp³-hybridized carbons (Fsp3) is 0.462. The summed E-state index contributed by atoms with van der Waals surface area (Å²) >= 11 is 1.48. The van der Waals surface area contributed by atoms with Crippen molar-refractivity contribution in [2.45, 2.75) is 94.1 Å². The van der Waals surface area contributed by atoms with Crippen LogP contribution in [0.3, 0.4) is 0 Å². The van der Waals surface area contributed by atoms with Crippen molar-refractivity contribution < 1.29 is 36.9 Å². The maximum Gasteiger partial charge on any atom is 0.259 e. The molecule has 4 heterocycles. The molecule has 3 amide bonds. The number of benzene rings is 1. The number of hydrogen-bond acceptors (Lipinski definition) is 12. The number of nitrogens with one attached hydrogen (secondary N) is 3. The number of para-hydroxylation sites is 2. The second-order valence-electron chi connectivity index (χ2n) is 15.0. The molecule has 1 aromatic carbocycles. The number of aromatic nitrogens is 3. The number of hydrogen-bond donors (Lipinski definition) is 3. The minimum Gasteiger partial charge on any atom is -0.473 e. The van der Waals surface area contributed by atoms with E-state index in [-0.39, 0.29) is 36.5 Å². The van der Waals surface area contributed by atoms with Crippen LogP contribution in [0.15, 0.2) is 64.7 Å². The van der Waals surface area contributed by atoms with Crippen LogP contribution in [0, 0.1) is 24.7 Å².